The molecule has 6 nitrogen and oxygen atoms in total. The number of rotatable bonds is 8. The lowest BCUT2D eigenvalue weighted by molar-refractivity contribution is -0.118. The summed E-state index contributed by atoms with van der Waals surface area (Å²) in [5.74, 6) is 0.955. The lowest BCUT2D eigenvalue weighted by Crippen LogP contribution is -2.30. The molecule has 33 heavy (non-hydrogen) atoms. The molecule has 5 rings (SSSR count). The lowest BCUT2D eigenvalue weighted by Gasteiger charge is -2.18. The molecule has 2 heterocycles. The van der Waals surface area contributed by atoms with Crippen LogP contribution >= 0.6 is 11.8 Å². The third kappa shape index (κ3) is 4.59. The summed E-state index contributed by atoms with van der Waals surface area (Å²) >= 11 is 1.29. The van der Waals surface area contributed by atoms with Crippen LogP contribution in [0.2, 0.25) is 0 Å². The van der Waals surface area contributed by atoms with Crippen LogP contribution in [0.1, 0.15) is 17.0 Å². The van der Waals surface area contributed by atoms with Crippen molar-refractivity contribution in [3.8, 4) is 5.75 Å². The van der Waals surface area contributed by atoms with E-state index >= 15 is 0 Å². The van der Waals surface area contributed by atoms with Crippen molar-refractivity contribution in [2.45, 2.75) is 11.1 Å². The van der Waals surface area contributed by atoms with Crippen LogP contribution in [0.25, 0.3) is 22.0 Å². The molecular weight excluding hydrogens is 434 g/mol. The minimum Gasteiger partial charge on any atom is -0.497 e. The fraction of sp³-hybridized carbons (Fsp3) is 0.154. The number of oxazole rings is 1. The highest BCUT2D eigenvalue weighted by atomic mass is 32.2. The second kappa shape index (κ2) is 9.42. The van der Waals surface area contributed by atoms with Gasteiger partial charge in [-0.15, -0.1) is 0 Å². The maximum atomic E-state index is 12.7. The SMILES string of the molecule is COc1ccc([C@H](CNC(=O)CSc2nc3ccccc3o2)c2c[nH]c3ccccc23)cc1. The number of aromatic amines is 1. The number of fused-ring (bicyclic) bond motifs is 2. The summed E-state index contributed by atoms with van der Waals surface area (Å²) in [7, 11) is 1.65. The first-order valence-electron chi connectivity index (χ1n) is 10.7. The zero-order chi connectivity index (χ0) is 22.6. The first-order chi connectivity index (χ1) is 16.2. The largest absolute Gasteiger partial charge is 0.497 e. The predicted octanol–water partition coefficient (Wildman–Crippen LogP) is 5.36. The van der Waals surface area contributed by atoms with Crippen LogP contribution in [-0.2, 0) is 4.79 Å². The van der Waals surface area contributed by atoms with Gasteiger partial charge in [-0.3, -0.25) is 4.79 Å². The number of nitrogens with zero attached hydrogens (tertiary/aromatic N) is 1. The zero-order valence-corrected chi connectivity index (χ0v) is 18.9. The second-order valence-corrected chi connectivity index (χ2v) is 8.58. The number of carbonyl (C=O) groups is 1. The van der Waals surface area contributed by atoms with Crippen LogP contribution in [0, 0.1) is 0 Å². The standard InChI is InChI=1S/C26H23N3O3S/c1-31-18-12-10-17(11-13-18)20(21-15-27-22-7-3-2-6-19(21)22)14-28-25(30)16-33-26-29-23-8-4-5-9-24(23)32-26/h2-13,15,20,27H,14,16H2,1H3,(H,28,30)/t20-/m0/s1. The number of nitrogens with one attached hydrogen (secondary N) is 2. The average molecular weight is 458 g/mol. The number of carbonyl (C=O) groups excluding carboxylic acids is 1. The van der Waals surface area contributed by atoms with Crippen LogP contribution in [0.4, 0.5) is 0 Å². The number of benzene rings is 3. The summed E-state index contributed by atoms with van der Waals surface area (Å²) in [5.41, 5.74) is 4.83. The number of methoxy groups -OCH3 is 1. The van der Waals surface area contributed by atoms with Crippen molar-refractivity contribution in [3.63, 3.8) is 0 Å². The van der Waals surface area contributed by atoms with Crippen molar-refractivity contribution < 1.29 is 13.9 Å². The molecule has 1 amide bonds. The third-order valence-corrected chi connectivity index (χ3v) is 6.45. The Balaban J connectivity index is 1.31. The van der Waals surface area contributed by atoms with E-state index in [4.69, 9.17) is 9.15 Å². The van der Waals surface area contributed by atoms with Gasteiger partial charge in [-0.1, -0.05) is 54.2 Å². The Hall–Kier alpha value is -3.71. The minimum absolute atomic E-state index is 0.00895. The van der Waals surface area contributed by atoms with Gasteiger partial charge in [0.25, 0.3) is 5.22 Å². The monoisotopic (exact) mass is 457 g/mol. The van der Waals surface area contributed by atoms with Gasteiger partial charge < -0.3 is 19.5 Å². The zero-order valence-electron chi connectivity index (χ0n) is 18.1. The summed E-state index contributed by atoms with van der Waals surface area (Å²) in [5, 5.41) is 4.73. The maximum Gasteiger partial charge on any atom is 0.257 e. The summed E-state index contributed by atoms with van der Waals surface area (Å²) in [6.45, 7) is 0.473. The van der Waals surface area contributed by atoms with Crippen molar-refractivity contribution in [2.24, 2.45) is 0 Å². The fourth-order valence-corrected chi connectivity index (χ4v) is 4.60. The van der Waals surface area contributed by atoms with Crippen LogP contribution < -0.4 is 10.1 Å². The summed E-state index contributed by atoms with van der Waals surface area (Å²) in [4.78, 5) is 20.4. The van der Waals surface area contributed by atoms with Gasteiger partial charge in [0.2, 0.25) is 5.91 Å². The Morgan fingerprint density at radius 3 is 2.70 bits per heavy atom. The average Bonchev–Trinajstić information content (AvgIpc) is 3.47. The molecule has 0 aliphatic rings. The second-order valence-electron chi connectivity index (χ2n) is 7.66. The Labute approximate surface area is 195 Å². The number of H-pyrrole nitrogens is 1. The van der Waals surface area contributed by atoms with Gasteiger partial charge >= 0.3 is 0 Å². The van der Waals surface area contributed by atoms with E-state index in [9.17, 15) is 4.79 Å². The summed E-state index contributed by atoms with van der Waals surface area (Å²) < 4.78 is 11.0. The van der Waals surface area contributed by atoms with Gasteiger partial charge in [0, 0.05) is 29.6 Å². The highest BCUT2D eigenvalue weighted by Gasteiger charge is 2.19. The van der Waals surface area contributed by atoms with Gasteiger partial charge in [0.05, 0.1) is 12.9 Å². The van der Waals surface area contributed by atoms with Crippen LogP contribution in [0.3, 0.4) is 0 Å². The molecule has 3 aromatic carbocycles. The summed E-state index contributed by atoms with van der Waals surface area (Å²) in [6, 6.07) is 23.8. The van der Waals surface area contributed by atoms with Crippen LogP contribution in [0.15, 0.2) is 88.6 Å². The molecular formula is C26H23N3O3S. The fourth-order valence-electron chi connectivity index (χ4n) is 3.93. The highest BCUT2D eigenvalue weighted by molar-refractivity contribution is 7.99. The Morgan fingerprint density at radius 1 is 1.09 bits per heavy atom. The first-order valence-corrected chi connectivity index (χ1v) is 11.6. The Bertz CT molecular complexity index is 1360. The number of thioether (sulfide) groups is 1. The topological polar surface area (TPSA) is 80.2 Å². The lowest BCUT2D eigenvalue weighted by atomic mass is 9.91. The molecule has 0 fully saturated rings. The molecule has 0 aliphatic heterocycles. The molecule has 7 heteroatoms. The number of ether oxygens (including phenoxy) is 1. The van der Waals surface area contributed by atoms with Gasteiger partial charge in [-0.2, -0.15) is 0 Å². The number of aromatic nitrogens is 2. The van der Waals surface area contributed by atoms with Crippen molar-refractivity contribution in [1.82, 2.24) is 15.3 Å². The van der Waals surface area contributed by atoms with Gasteiger partial charge in [-0.05, 0) is 41.5 Å². The molecule has 1 atom stereocenters. The van der Waals surface area contributed by atoms with Crippen LogP contribution in [0.5, 0.6) is 5.75 Å². The maximum absolute atomic E-state index is 12.7. The van der Waals surface area contributed by atoms with E-state index in [0.717, 1.165) is 38.9 Å². The molecule has 0 bridgehead atoms. The van der Waals surface area contributed by atoms with E-state index in [1.807, 2.05) is 66.9 Å². The molecule has 0 spiro atoms. The number of amides is 1. The Kier molecular flexibility index (Phi) is 6.04. The molecule has 5 aromatic rings. The molecule has 166 valence electrons. The van der Waals surface area contributed by atoms with Crippen molar-refractivity contribution in [2.75, 3.05) is 19.4 Å². The van der Waals surface area contributed by atoms with Gasteiger partial charge in [0.1, 0.15) is 11.3 Å². The highest BCUT2D eigenvalue weighted by Crippen LogP contribution is 2.31. The third-order valence-electron chi connectivity index (χ3n) is 5.62. The quantitative estimate of drug-likeness (QED) is 0.307. The van der Waals surface area contributed by atoms with E-state index in [1.165, 1.54) is 11.8 Å². The number of hydrogen-bond donors (Lipinski definition) is 2. The van der Waals surface area contributed by atoms with E-state index < -0.39 is 0 Å². The minimum atomic E-state index is -0.0689. The van der Waals surface area contributed by atoms with E-state index in [1.54, 1.807) is 7.11 Å². The molecule has 0 unspecified atom stereocenters. The molecule has 0 saturated heterocycles. The van der Waals surface area contributed by atoms with Crippen molar-refractivity contribution in [1.29, 1.82) is 0 Å². The van der Waals surface area contributed by atoms with Gasteiger partial charge in [0.15, 0.2) is 5.58 Å². The van der Waals surface area contributed by atoms with Crippen LogP contribution in [-0.4, -0.2) is 35.3 Å². The predicted molar refractivity (Wildman–Crippen MR) is 131 cm³/mol. The normalized spacial score (nSPS) is 12.2. The number of para-hydroxylation sites is 3. The summed E-state index contributed by atoms with van der Waals surface area (Å²) in [6.07, 6.45) is 2.03. The molecule has 0 radical (unpaired) electrons. The molecule has 2 aromatic heterocycles. The van der Waals surface area contributed by atoms with E-state index in [2.05, 4.69) is 27.4 Å². The molecule has 2 N–H and O–H groups in total. The van der Waals surface area contributed by atoms with Gasteiger partial charge in [-0.25, -0.2) is 4.98 Å². The number of hydrogen-bond acceptors (Lipinski definition) is 5. The van der Waals surface area contributed by atoms with E-state index in [0.29, 0.717) is 11.8 Å². The van der Waals surface area contributed by atoms with E-state index in [-0.39, 0.29) is 17.6 Å². The van der Waals surface area contributed by atoms with Crippen molar-refractivity contribution >= 4 is 39.7 Å². The van der Waals surface area contributed by atoms with Crippen molar-refractivity contribution in [3.05, 3.63) is 90.1 Å². The smallest absolute Gasteiger partial charge is 0.257 e. The Morgan fingerprint density at radius 2 is 1.88 bits per heavy atom. The molecule has 0 aliphatic carbocycles. The molecule has 0 saturated carbocycles. The first kappa shape index (κ1) is 21.2.